The Hall–Kier alpha value is -2.49. The van der Waals surface area contributed by atoms with Crippen molar-refractivity contribution in [2.24, 2.45) is 0 Å². The average molecular weight is 366 g/mol. The van der Waals surface area contributed by atoms with Crippen LogP contribution in [0.3, 0.4) is 0 Å². The lowest BCUT2D eigenvalue weighted by molar-refractivity contribution is -0.125. The Morgan fingerprint density at radius 1 is 1.27 bits per heavy atom. The van der Waals surface area contributed by atoms with Crippen molar-refractivity contribution in [3.05, 3.63) is 57.6 Å². The number of amides is 1. The van der Waals surface area contributed by atoms with E-state index in [1.165, 1.54) is 5.56 Å². The molecule has 0 N–H and O–H groups in total. The van der Waals surface area contributed by atoms with Gasteiger partial charge in [-0.25, -0.2) is 4.98 Å². The van der Waals surface area contributed by atoms with E-state index in [1.807, 2.05) is 41.5 Å². The van der Waals surface area contributed by atoms with Crippen molar-refractivity contribution in [2.75, 3.05) is 26.2 Å². The quantitative estimate of drug-likeness (QED) is 0.780. The molecule has 0 spiro atoms. The molecule has 1 aliphatic heterocycles. The van der Waals surface area contributed by atoms with Gasteiger partial charge in [0.15, 0.2) is 0 Å². The van der Waals surface area contributed by atoms with Crippen molar-refractivity contribution in [1.29, 1.82) is 5.26 Å². The SMILES string of the molecule is Cc1nc(/C=C/C(=O)N2CCCN(Cc3ccc(C#N)cc3)CC2)cs1. The van der Waals surface area contributed by atoms with Gasteiger partial charge >= 0.3 is 0 Å². The minimum atomic E-state index is 0.0517. The molecule has 1 aromatic heterocycles. The summed E-state index contributed by atoms with van der Waals surface area (Å²) in [5.41, 5.74) is 2.73. The fourth-order valence-electron chi connectivity index (χ4n) is 3.01. The third-order valence-corrected chi connectivity index (χ3v) is 5.21. The minimum absolute atomic E-state index is 0.0517. The molecule has 3 rings (SSSR count). The number of benzene rings is 1. The van der Waals surface area contributed by atoms with Gasteiger partial charge in [-0.1, -0.05) is 12.1 Å². The van der Waals surface area contributed by atoms with E-state index in [0.29, 0.717) is 5.56 Å². The first-order valence-electron chi connectivity index (χ1n) is 8.74. The Kier molecular flexibility index (Phi) is 6.16. The van der Waals surface area contributed by atoms with Gasteiger partial charge in [-0.2, -0.15) is 5.26 Å². The molecule has 0 saturated carbocycles. The van der Waals surface area contributed by atoms with Crippen molar-refractivity contribution < 1.29 is 4.79 Å². The highest BCUT2D eigenvalue weighted by Gasteiger charge is 2.17. The third kappa shape index (κ3) is 5.01. The largest absolute Gasteiger partial charge is 0.338 e. The third-order valence-electron chi connectivity index (χ3n) is 4.42. The van der Waals surface area contributed by atoms with Gasteiger partial charge in [-0.3, -0.25) is 9.69 Å². The van der Waals surface area contributed by atoms with Crippen LogP contribution >= 0.6 is 11.3 Å². The van der Waals surface area contributed by atoms with Gasteiger partial charge in [-0.15, -0.1) is 11.3 Å². The van der Waals surface area contributed by atoms with Gasteiger partial charge in [0.1, 0.15) is 0 Å². The predicted octanol–water partition coefficient (Wildman–Crippen LogP) is 3.07. The van der Waals surface area contributed by atoms with Crippen LogP contribution in [0, 0.1) is 18.3 Å². The molecule has 1 saturated heterocycles. The van der Waals surface area contributed by atoms with Crippen LogP contribution in [0.25, 0.3) is 6.08 Å². The molecule has 0 radical (unpaired) electrons. The summed E-state index contributed by atoms with van der Waals surface area (Å²) >= 11 is 1.59. The molecule has 0 aliphatic carbocycles. The van der Waals surface area contributed by atoms with Crippen LogP contribution in [0.15, 0.2) is 35.7 Å². The lowest BCUT2D eigenvalue weighted by Gasteiger charge is -2.21. The second-order valence-corrected chi connectivity index (χ2v) is 7.45. The highest BCUT2D eigenvalue weighted by Crippen LogP contribution is 2.12. The van der Waals surface area contributed by atoms with Crippen molar-refractivity contribution in [3.8, 4) is 6.07 Å². The summed E-state index contributed by atoms with van der Waals surface area (Å²) < 4.78 is 0. The van der Waals surface area contributed by atoms with Gasteiger partial charge in [0, 0.05) is 44.2 Å². The molecule has 26 heavy (non-hydrogen) atoms. The van der Waals surface area contributed by atoms with Gasteiger partial charge in [0.25, 0.3) is 0 Å². The van der Waals surface area contributed by atoms with Gasteiger partial charge in [-0.05, 0) is 37.1 Å². The number of hydrogen-bond acceptors (Lipinski definition) is 5. The molecular weight excluding hydrogens is 344 g/mol. The lowest BCUT2D eigenvalue weighted by atomic mass is 10.1. The summed E-state index contributed by atoms with van der Waals surface area (Å²) in [5.74, 6) is 0.0517. The van der Waals surface area contributed by atoms with Crippen LogP contribution in [0.4, 0.5) is 0 Å². The van der Waals surface area contributed by atoms with Crippen molar-refractivity contribution in [2.45, 2.75) is 19.9 Å². The van der Waals surface area contributed by atoms with E-state index in [2.05, 4.69) is 16.0 Å². The molecule has 134 valence electrons. The van der Waals surface area contributed by atoms with Crippen LogP contribution in [0.5, 0.6) is 0 Å². The molecular formula is C20H22N4OS. The molecule has 5 nitrogen and oxygen atoms in total. The van der Waals surface area contributed by atoms with E-state index in [4.69, 9.17) is 5.26 Å². The number of thiazole rings is 1. The highest BCUT2D eigenvalue weighted by molar-refractivity contribution is 7.09. The average Bonchev–Trinajstić information content (AvgIpc) is 2.93. The van der Waals surface area contributed by atoms with Crippen LogP contribution in [-0.4, -0.2) is 46.9 Å². The Bertz CT molecular complexity index is 819. The van der Waals surface area contributed by atoms with E-state index in [-0.39, 0.29) is 5.91 Å². The molecule has 1 amide bonds. The molecule has 1 aromatic carbocycles. The van der Waals surface area contributed by atoms with Gasteiger partial charge in [0.2, 0.25) is 5.91 Å². The first-order chi connectivity index (χ1) is 12.6. The summed E-state index contributed by atoms with van der Waals surface area (Å²) in [7, 11) is 0. The van der Waals surface area contributed by atoms with Crippen molar-refractivity contribution in [1.82, 2.24) is 14.8 Å². The maximum absolute atomic E-state index is 12.4. The second-order valence-electron chi connectivity index (χ2n) is 6.39. The van der Waals surface area contributed by atoms with Crippen LogP contribution in [-0.2, 0) is 11.3 Å². The van der Waals surface area contributed by atoms with Gasteiger partial charge < -0.3 is 4.90 Å². The molecule has 0 bridgehead atoms. The maximum Gasteiger partial charge on any atom is 0.246 e. The first kappa shape index (κ1) is 18.3. The first-order valence-corrected chi connectivity index (χ1v) is 9.62. The highest BCUT2D eigenvalue weighted by atomic mass is 32.1. The molecule has 2 aromatic rings. The van der Waals surface area contributed by atoms with Crippen LogP contribution < -0.4 is 0 Å². The summed E-state index contributed by atoms with van der Waals surface area (Å²) in [6.07, 6.45) is 4.39. The zero-order valence-electron chi connectivity index (χ0n) is 14.9. The zero-order chi connectivity index (χ0) is 18.4. The number of carbonyl (C=O) groups is 1. The molecule has 6 heteroatoms. The predicted molar refractivity (Wildman–Crippen MR) is 104 cm³/mol. The molecule has 0 atom stereocenters. The summed E-state index contributed by atoms with van der Waals surface area (Å²) in [6.45, 7) is 6.15. The smallest absolute Gasteiger partial charge is 0.246 e. The molecule has 0 unspecified atom stereocenters. The fraction of sp³-hybridized carbons (Fsp3) is 0.350. The number of nitrogens with zero attached hydrogens (tertiary/aromatic N) is 4. The molecule has 2 heterocycles. The van der Waals surface area contributed by atoms with E-state index in [1.54, 1.807) is 23.5 Å². The Morgan fingerprint density at radius 2 is 2.08 bits per heavy atom. The minimum Gasteiger partial charge on any atom is -0.338 e. The summed E-state index contributed by atoms with van der Waals surface area (Å²) in [5, 5.41) is 11.8. The molecule has 1 aliphatic rings. The Balaban J connectivity index is 1.53. The number of aromatic nitrogens is 1. The zero-order valence-corrected chi connectivity index (χ0v) is 15.7. The van der Waals surface area contributed by atoms with E-state index in [0.717, 1.165) is 49.8 Å². The van der Waals surface area contributed by atoms with Crippen molar-refractivity contribution in [3.63, 3.8) is 0 Å². The van der Waals surface area contributed by atoms with E-state index < -0.39 is 0 Å². The van der Waals surface area contributed by atoms with Crippen LogP contribution in [0.2, 0.25) is 0 Å². The monoisotopic (exact) mass is 366 g/mol. The lowest BCUT2D eigenvalue weighted by Crippen LogP contribution is -2.34. The Labute approximate surface area is 158 Å². The number of rotatable bonds is 4. The topological polar surface area (TPSA) is 60.2 Å². The number of carbonyl (C=O) groups excluding carboxylic acids is 1. The van der Waals surface area contributed by atoms with E-state index >= 15 is 0 Å². The second kappa shape index (κ2) is 8.75. The maximum atomic E-state index is 12.4. The Morgan fingerprint density at radius 3 is 2.77 bits per heavy atom. The number of nitriles is 1. The van der Waals surface area contributed by atoms with E-state index in [9.17, 15) is 4.79 Å². The number of hydrogen-bond donors (Lipinski definition) is 0. The normalized spacial score (nSPS) is 15.8. The summed E-state index contributed by atoms with van der Waals surface area (Å²) in [4.78, 5) is 21.1. The molecule has 1 fully saturated rings. The fourth-order valence-corrected chi connectivity index (χ4v) is 3.59. The van der Waals surface area contributed by atoms with Gasteiger partial charge in [0.05, 0.1) is 22.3 Å². The number of aryl methyl sites for hydroxylation is 1. The summed E-state index contributed by atoms with van der Waals surface area (Å²) in [6, 6.07) is 9.86. The van der Waals surface area contributed by atoms with Crippen molar-refractivity contribution >= 4 is 23.3 Å². The standard InChI is InChI=1S/C20H22N4OS/c1-16-22-19(15-26-16)7-8-20(25)24-10-2-9-23(11-12-24)14-18-5-3-17(13-21)4-6-18/h3-8,15H,2,9-12,14H2,1H3/b8-7+. The van der Waals surface area contributed by atoms with Crippen LogP contribution in [0.1, 0.15) is 28.2 Å².